The molecule has 3 aromatic rings. The number of carboxylic acid groups (broad SMARTS) is 1. The first-order valence-corrected chi connectivity index (χ1v) is 13.3. The Hall–Kier alpha value is -3.14. The molecule has 1 amide bonds. The van der Waals surface area contributed by atoms with E-state index < -0.39 is 27.9 Å². The molecule has 0 aliphatic heterocycles. The Kier molecular flexibility index (Phi) is 8.94. The molecule has 0 heterocycles. The Bertz CT molecular complexity index is 1390. The normalized spacial score (nSPS) is 12.2. The number of benzene rings is 3. The van der Waals surface area contributed by atoms with Crippen molar-refractivity contribution in [3.63, 3.8) is 0 Å². The maximum absolute atomic E-state index is 13.8. The van der Waals surface area contributed by atoms with E-state index in [1.54, 1.807) is 24.3 Å². The summed E-state index contributed by atoms with van der Waals surface area (Å²) in [6.45, 7) is 1.76. The third-order valence-corrected chi connectivity index (χ3v) is 7.73. The van der Waals surface area contributed by atoms with E-state index >= 15 is 0 Å². The highest BCUT2D eigenvalue weighted by molar-refractivity contribution is 7.93. The van der Waals surface area contributed by atoms with Crippen molar-refractivity contribution in [3.8, 4) is 0 Å². The second-order valence-corrected chi connectivity index (χ2v) is 10.7. The van der Waals surface area contributed by atoms with Gasteiger partial charge in [-0.15, -0.1) is 0 Å². The van der Waals surface area contributed by atoms with E-state index in [1.165, 1.54) is 30.3 Å². The number of carbonyl (C=O) groups is 3. The molecule has 0 aliphatic rings. The minimum Gasteiger partial charge on any atom is -0.480 e. The molecule has 0 saturated heterocycles. The van der Waals surface area contributed by atoms with E-state index in [9.17, 15) is 27.9 Å². The number of nitrogens with one attached hydrogen (secondary N) is 1. The lowest BCUT2D eigenvalue weighted by molar-refractivity contribution is -0.138. The number of amides is 1. The molecule has 1 unspecified atom stereocenters. The van der Waals surface area contributed by atoms with Crippen LogP contribution in [-0.4, -0.2) is 44.3 Å². The van der Waals surface area contributed by atoms with Crippen molar-refractivity contribution in [2.24, 2.45) is 0 Å². The van der Waals surface area contributed by atoms with Crippen LogP contribution in [0.5, 0.6) is 0 Å². The predicted molar refractivity (Wildman–Crippen MR) is 139 cm³/mol. The lowest BCUT2D eigenvalue weighted by Crippen LogP contribution is -2.45. The number of nitrogens with zero attached hydrogens (tertiary/aromatic N) is 1. The molecule has 8 nitrogen and oxygen atoms in total. The maximum Gasteiger partial charge on any atom is 0.327 e. The van der Waals surface area contributed by atoms with Crippen LogP contribution in [0.25, 0.3) is 10.8 Å². The van der Waals surface area contributed by atoms with Crippen LogP contribution < -0.4 is 9.62 Å². The number of fused-ring (bicyclic) bond motifs is 1. The van der Waals surface area contributed by atoms with Crippen molar-refractivity contribution in [2.75, 3.05) is 10.8 Å². The van der Waals surface area contributed by atoms with Crippen LogP contribution in [0, 0.1) is 0 Å². The van der Waals surface area contributed by atoms with Gasteiger partial charge in [-0.2, -0.15) is 0 Å². The van der Waals surface area contributed by atoms with Crippen LogP contribution in [0.1, 0.15) is 36.5 Å². The highest BCUT2D eigenvalue weighted by atomic mass is 35.5. The van der Waals surface area contributed by atoms with Crippen molar-refractivity contribution in [1.29, 1.82) is 0 Å². The Morgan fingerprint density at radius 1 is 1.03 bits per heavy atom. The summed E-state index contributed by atoms with van der Waals surface area (Å²) in [7, 11) is -4.39. The minimum atomic E-state index is -4.39. The van der Waals surface area contributed by atoms with Crippen molar-refractivity contribution in [3.05, 3.63) is 70.2 Å². The van der Waals surface area contributed by atoms with E-state index in [1.807, 2.05) is 6.92 Å². The number of carbonyl (C=O) groups excluding carboxylic acids is 2. The molecular formula is C25H24Cl2N2O6S. The number of carboxylic acids is 1. The van der Waals surface area contributed by atoms with Crippen molar-refractivity contribution >= 4 is 67.8 Å². The average Bonchev–Trinajstić information content (AvgIpc) is 2.83. The monoisotopic (exact) mass is 550 g/mol. The van der Waals surface area contributed by atoms with Gasteiger partial charge in [0.05, 0.1) is 17.1 Å². The third kappa shape index (κ3) is 6.16. The Balaban J connectivity index is 2.15. The van der Waals surface area contributed by atoms with Crippen molar-refractivity contribution in [2.45, 2.75) is 37.1 Å². The number of rotatable bonds is 11. The third-order valence-electron chi connectivity index (χ3n) is 5.48. The maximum atomic E-state index is 13.8. The van der Waals surface area contributed by atoms with Crippen LogP contribution in [0.3, 0.4) is 0 Å². The molecule has 0 saturated carbocycles. The van der Waals surface area contributed by atoms with Crippen LogP contribution in [0.4, 0.5) is 5.69 Å². The molecule has 0 fully saturated rings. The topological polar surface area (TPSA) is 121 Å². The Morgan fingerprint density at radius 3 is 2.28 bits per heavy atom. The number of sulfonamides is 1. The molecule has 0 aliphatic carbocycles. The second kappa shape index (κ2) is 11.7. The molecule has 0 radical (unpaired) electrons. The Morgan fingerprint density at radius 2 is 1.67 bits per heavy atom. The number of anilines is 1. The minimum absolute atomic E-state index is 0.0905. The molecule has 3 rings (SSSR count). The molecule has 0 aromatic heterocycles. The van der Waals surface area contributed by atoms with Gasteiger partial charge in [0.25, 0.3) is 15.9 Å². The van der Waals surface area contributed by atoms with Crippen molar-refractivity contribution in [1.82, 2.24) is 5.32 Å². The standard InChI is InChI=1S/C25H24Cl2N2O6S/c1-2-3-4-23(25(32)33)29(36(34,35)22-14-19(26)13-20(27)15-22)21-8-7-16-11-18(6-5-17(16)12-21)24(31)28-9-10-30/h5-8,10-15,23H,2-4,9H2,1H3,(H,28,31)(H,32,33). The zero-order chi connectivity index (χ0) is 26.5. The number of unbranched alkanes of at least 4 members (excludes halogenated alkanes) is 1. The van der Waals surface area contributed by atoms with Crippen LogP contribution in [0.15, 0.2) is 59.5 Å². The summed E-state index contributed by atoms with van der Waals surface area (Å²) in [5.41, 5.74) is 0.460. The number of hydrogen-bond acceptors (Lipinski definition) is 5. The van der Waals surface area contributed by atoms with Crippen LogP contribution >= 0.6 is 23.2 Å². The van der Waals surface area contributed by atoms with Gasteiger partial charge in [-0.25, -0.2) is 13.2 Å². The summed E-state index contributed by atoms with van der Waals surface area (Å²) in [4.78, 5) is 34.7. The smallest absolute Gasteiger partial charge is 0.327 e. The van der Waals surface area contributed by atoms with E-state index in [2.05, 4.69) is 5.32 Å². The van der Waals surface area contributed by atoms with E-state index in [4.69, 9.17) is 23.2 Å². The van der Waals surface area contributed by atoms with Gasteiger partial charge in [0.1, 0.15) is 12.3 Å². The fraction of sp³-hybridized carbons (Fsp3) is 0.240. The van der Waals surface area contributed by atoms with Gasteiger partial charge >= 0.3 is 5.97 Å². The predicted octanol–water partition coefficient (Wildman–Crippen LogP) is 4.91. The molecule has 11 heteroatoms. The first-order chi connectivity index (χ1) is 17.1. The molecule has 3 aromatic carbocycles. The summed E-state index contributed by atoms with van der Waals surface area (Å²) in [5.74, 6) is -1.72. The van der Waals surface area contributed by atoms with Gasteiger partial charge in [0.15, 0.2) is 0 Å². The molecule has 190 valence electrons. The van der Waals surface area contributed by atoms with E-state index in [0.29, 0.717) is 35.5 Å². The summed E-state index contributed by atoms with van der Waals surface area (Å²) >= 11 is 12.1. The fourth-order valence-electron chi connectivity index (χ4n) is 3.76. The van der Waals surface area contributed by atoms with Gasteiger partial charge in [-0.3, -0.25) is 9.10 Å². The van der Waals surface area contributed by atoms with Gasteiger partial charge in [0, 0.05) is 15.6 Å². The number of halogens is 2. The molecular weight excluding hydrogens is 527 g/mol. The number of hydrogen-bond donors (Lipinski definition) is 2. The molecule has 0 spiro atoms. The summed E-state index contributed by atoms with van der Waals surface area (Å²) in [6, 6.07) is 11.9. The highest BCUT2D eigenvalue weighted by Gasteiger charge is 2.36. The molecule has 1 atom stereocenters. The number of aliphatic carboxylic acids is 1. The van der Waals surface area contributed by atoms with Gasteiger partial charge < -0.3 is 15.2 Å². The number of aldehydes is 1. The zero-order valence-corrected chi connectivity index (χ0v) is 21.6. The quantitative estimate of drug-likeness (QED) is 0.327. The Labute approximate surface area is 218 Å². The van der Waals surface area contributed by atoms with Gasteiger partial charge in [-0.1, -0.05) is 55.1 Å². The first-order valence-electron chi connectivity index (χ1n) is 11.1. The molecule has 0 bridgehead atoms. The first kappa shape index (κ1) is 27.4. The lowest BCUT2D eigenvalue weighted by atomic mass is 10.0. The molecule has 2 N–H and O–H groups in total. The van der Waals surface area contributed by atoms with Crippen molar-refractivity contribution < 1.29 is 27.9 Å². The zero-order valence-electron chi connectivity index (χ0n) is 19.3. The largest absolute Gasteiger partial charge is 0.480 e. The molecule has 36 heavy (non-hydrogen) atoms. The van der Waals surface area contributed by atoms with E-state index in [-0.39, 0.29) is 33.6 Å². The summed E-state index contributed by atoms with van der Waals surface area (Å²) in [5, 5.41) is 13.9. The second-order valence-electron chi connectivity index (χ2n) is 8.03. The van der Waals surface area contributed by atoms with E-state index in [0.717, 1.165) is 4.31 Å². The van der Waals surface area contributed by atoms with Crippen LogP contribution in [0.2, 0.25) is 10.0 Å². The van der Waals surface area contributed by atoms with Gasteiger partial charge in [-0.05, 0) is 59.7 Å². The highest BCUT2D eigenvalue weighted by Crippen LogP contribution is 2.33. The SMILES string of the molecule is CCCCC(C(=O)O)N(c1ccc2cc(C(=O)NCC=O)ccc2c1)S(=O)(=O)c1cc(Cl)cc(Cl)c1. The average molecular weight is 551 g/mol. The summed E-state index contributed by atoms with van der Waals surface area (Å²) in [6.07, 6.45) is 1.83. The van der Waals surface area contributed by atoms with Crippen LogP contribution in [-0.2, 0) is 19.6 Å². The van der Waals surface area contributed by atoms with Gasteiger partial charge in [0.2, 0.25) is 0 Å². The fourth-order valence-corrected chi connectivity index (χ4v) is 6.12. The summed E-state index contributed by atoms with van der Waals surface area (Å²) < 4.78 is 28.5. The lowest BCUT2D eigenvalue weighted by Gasteiger charge is -2.30.